The average molecular weight is 138 g/mol. The summed E-state index contributed by atoms with van der Waals surface area (Å²) in [6, 6.07) is 3.75. The molecule has 1 heterocycles. The van der Waals surface area contributed by atoms with Crippen LogP contribution in [-0.2, 0) is 0 Å². The topological polar surface area (TPSA) is 48.1 Å². The molecule has 0 saturated carbocycles. The molecule has 0 spiro atoms. The van der Waals surface area contributed by atoms with Crippen LogP contribution in [0.4, 0.5) is 0 Å². The Morgan fingerprint density at radius 1 is 1.70 bits per heavy atom. The first-order chi connectivity index (χ1) is 4.83. The zero-order valence-electron chi connectivity index (χ0n) is 5.87. The summed E-state index contributed by atoms with van der Waals surface area (Å²) >= 11 is 0. The minimum Gasteiger partial charge on any atom is -0.462 e. The molecule has 1 aromatic heterocycles. The van der Waals surface area contributed by atoms with Crippen LogP contribution in [0.2, 0.25) is 0 Å². The van der Waals surface area contributed by atoms with E-state index in [-0.39, 0.29) is 6.73 Å². The summed E-state index contributed by atoms with van der Waals surface area (Å²) in [4.78, 5) is 3.93. The number of aromatic nitrogens is 1. The molecule has 0 unspecified atom stereocenters. The molecule has 54 valence electrons. The Kier molecular flexibility index (Phi) is 2.23. The lowest BCUT2D eigenvalue weighted by atomic mass is 10.3. The third-order valence-electron chi connectivity index (χ3n) is 1.12. The average Bonchev–Trinajstić information content (AvgIpc) is 1.88. The fourth-order valence-electron chi connectivity index (χ4n) is 0.673. The largest absolute Gasteiger partial charge is 0.462 e. The van der Waals surface area contributed by atoms with Crippen molar-refractivity contribution in [1.29, 1.82) is 0 Å². The van der Waals surface area contributed by atoms with Crippen LogP contribution >= 0.6 is 0 Å². The van der Waals surface area contributed by atoms with E-state index in [1.807, 2.05) is 19.1 Å². The van der Waals surface area contributed by atoms with Crippen molar-refractivity contribution in [2.75, 3.05) is 6.73 Å². The SMILES string of the molecule is Cc1ccnc(OCN)c1. The molecule has 0 aromatic carbocycles. The maximum Gasteiger partial charge on any atom is 0.214 e. The molecule has 2 N–H and O–H groups in total. The van der Waals surface area contributed by atoms with Gasteiger partial charge in [0.2, 0.25) is 5.88 Å². The molecule has 0 aliphatic carbocycles. The van der Waals surface area contributed by atoms with Gasteiger partial charge in [0.15, 0.2) is 0 Å². The van der Waals surface area contributed by atoms with E-state index in [9.17, 15) is 0 Å². The molecule has 0 amide bonds. The number of hydrogen-bond donors (Lipinski definition) is 1. The first kappa shape index (κ1) is 7.02. The molecule has 0 saturated heterocycles. The smallest absolute Gasteiger partial charge is 0.214 e. The van der Waals surface area contributed by atoms with Crippen molar-refractivity contribution >= 4 is 0 Å². The Bertz CT molecular complexity index is 213. The van der Waals surface area contributed by atoms with E-state index in [4.69, 9.17) is 10.5 Å². The van der Waals surface area contributed by atoms with Crippen LogP contribution < -0.4 is 10.5 Å². The van der Waals surface area contributed by atoms with Crippen LogP contribution in [-0.4, -0.2) is 11.7 Å². The van der Waals surface area contributed by atoms with Gasteiger partial charge in [-0.2, -0.15) is 0 Å². The van der Waals surface area contributed by atoms with Crippen LogP contribution in [0.1, 0.15) is 5.56 Å². The van der Waals surface area contributed by atoms with E-state index in [1.165, 1.54) is 0 Å². The second-order valence-electron chi connectivity index (χ2n) is 1.98. The molecule has 0 fully saturated rings. The van der Waals surface area contributed by atoms with Crippen molar-refractivity contribution in [2.45, 2.75) is 6.92 Å². The summed E-state index contributed by atoms with van der Waals surface area (Å²) < 4.78 is 4.95. The molecular formula is C7H10N2O. The first-order valence-electron chi connectivity index (χ1n) is 3.08. The van der Waals surface area contributed by atoms with E-state index in [0.717, 1.165) is 5.56 Å². The van der Waals surface area contributed by atoms with Gasteiger partial charge in [-0.3, -0.25) is 5.73 Å². The Morgan fingerprint density at radius 3 is 3.10 bits per heavy atom. The highest BCUT2D eigenvalue weighted by atomic mass is 16.5. The van der Waals surface area contributed by atoms with Gasteiger partial charge in [0, 0.05) is 12.3 Å². The zero-order valence-corrected chi connectivity index (χ0v) is 5.87. The van der Waals surface area contributed by atoms with Gasteiger partial charge in [-0.05, 0) is 18.6 Å². The molecule has 0 atom stereocenters. The lowest BCUT2D eigenvalue weighted by Gasteiger charge is -2.00. The van der Waals surface area contributed by atoms with Gasteiger partial charge in [-0.25, -0.2) is 4.98 Å². The van der Waals surface area contributed by atoms with Crippen molar-refractivity contribution in [2.24, 2.45) is 5.73 Å². The maximum absolute atomic E-state index is 5.15. The lowest BCUT2D eigenvalue weighted by Crippen LogP contribution is -2.08. The van der Waals surface area contributed by atoms with E-state index < -0.39 is 0 Å². The predicted octanol–water partition coefficient (Wildman–Crippen LogP) is 0.685. The molecule has 1 aromatic rings. The fourth-order valence-corrected chi connectivity index (χ4v) is 0.673. The molecule has 0 radical (unpaired) electrons. The van der Waals surface area contributed by atoms with E-state index in [2.05, 4.69) is 4.98 Å². The second-order valence-corrected chi connectivity index (χ2v) is 1.98. The van der Waals surface area contributed by atoms with E-state index in [1.54, 1.807) is 6.20 Å². The molecule has 3 heteroatoms. The predicted molar refractivity (Wildman–Crippen MR) is 38.7 cm³/mol. The van der Waals surface area contributed by atoms with E-state index >= 15 is 0 Å². The summed E-state index contributed by atoms with van der Waals surface area (Å²) in [5.74, 6) is 0.586. The van der Waals surface area contributed by atoms with Gasteiger partial charge in [-0.15, -0.1) is 0 Å². The van der Waals surface area contributed by atoms with Crippen molar-refractivity contribution in [3.05, 3.63) is 23.9 Å². The minimum atomic E-state index is 0.177. The molecule has 0 bridgehead atoms. The van der Waals surface area contributed by atoms with Crippen molar-refractivity contribution < 1.29 is 4.74 Å². The number of aryl methyl sites for hydroxylation is 1. The Labute approximate surface area is 59.8 Å². The highest BCUT2D eigenvalue weighted by molar-refractivity contribution is 5.18. The van der Waals surface area contributed by atoms with Gasteiger partial charge < -0.3 is 4.74 Å². The quantitative estimate of drug-likeness (QED) is 0.611. The highest BCUT2D eigenvalue weighted by Gasteiger charge is 1.90. The fraction of sp³-hybridized carbons (Fsp3) is 0.286. The molecule has 0 aliphatic rings. The van der Waals surface area contributed by atoms with Gasteiger partial charge in [-0.1, -0.05) is 0 Å². The van der Waals surface area contributed by atoms with Gasteiger partial charge in [0.1, 0.15) is 6.73 Å². The zero-order chi connectivity index (χ0) is 7.40. The molecule has 1 rings (SSSR count). The molecular weight excluding hydrogens is 128 g/mol. The highest BCUT2D eigenvalue weighted by Crippen LogP contribution is 2.06. The number of nitrogens with zero attached hydrogens (tertiary/aromatic N) is 1. The number of nitrogens with two attached hydrogens (primary N) is 1. The molecule has 10 heavy (non-hydrogen) atoms. The Morgan fingerprint density at radius 2 is 2.50 bits per heavy atom. The number of hydrogen-bond acceptors (Lipinski definition) is 3. The standard InChI is InChI=1S/C7H10N2O/c1-6-2-3-9-7(4-6)10-5-8/h2-4H,5,8H2,1H3. The van der Waals surface area contributed by atoms with Crippen LogP contribution in [0.5, 0.6) is 5.88 Å². The number of ether oxygens (including phenoxy) is 1. The minimum absolute atomic E-state index is 0.177. The number of rotatable bonds is 2. The van der Waals surface area contributed by atoms with Crippen molar-refractivity contribution in [3.63, 3.8) is 0 Å². The summed E-state index contributed by atoms with van der Waals surface area (Å²) in [6.07, 6.45) is 1.69. The molecule has 0 aliphatic heterocycles. The van der Waals surface area contributed by atoms with Crippen LogP contribution in [0.3, 0.4) is 0 Å². The monoisotopic (exact) mass is 138 g/mol. The third-order valence-corrected chi connectivity index (χ3v) is 1.12. The van der Waals surface area contributed by atoms with Gasteiger partial charge in [0.25, 0.3) is 0 Å². The molecule has 3 nitrogen and oxygen atoms in total. The normalized spacial score (nSPS) is 9.40. The first-order valence-corrected chi connectivity index (χ1v) is 3.08. The van der Waals surface area contributed by atoms with Crippen LogP contribution in [0.25, 0.3) is 0 Å². The summed E-state index contributed by atoms with van der Waals surface area (Å²) in [5.41, 5.74) is 6.27. The summed E-state index contributed by atoms with van der Waals surface area (Å²) in [7, 11) is 0. The lowest BCUT2D eigenvalue weighted by molar-refractivity contribution is 0.316. The van der Waals surface area contributed by atoms with Crippen LogP contribution in [0, 0.1) is 6.92 Å². The van der Waals surface area contributed by atoms with Gasteiger partial charge >= 0.3 is 0 Å². The summed E-state index contributed by atoms with van der Waals surface area (Å²) in [6.45, 7) is 2.15. The van der Waals surface area contributed by atoms with Crippen LogP contribution in [0.15, 0.2) is 18.3 Å². The number of pyridine rings is 1. The van der Waals surface area contributed by atoms with Crippen molar-refractivity contribution in [3.8, 4) is 5.88 Å². The van der Waals surface area contributed by atoms with E-state index in [0.29, 0.717) is 5.88 Å². The Balaban J connectivity index is 2.75. The Hall–Kier alpha value is -1.09. The van der Waals surface area contributed by atoms with Crippen molar-refractivity contribution in [1.82, 2.24) is 4.98 Å². The van der Waals surface area contributed by atoms with Gasteiger partial charge in [0.05, 0.1) is 0 Å². The maximum atomic E-state index is 5.15. The second kappa shape index (κ2) is 3.17. The third kappa shape index (κ3) is 1.70. The summed E-state index contributed by atoms with van der Waals surface area (Å²) in [5, 5.41) is 0.